The average Bonchev–Trinajstić information content (AvgIpc) is 2.44. The van der Waals surface area contributed by atoms with E-state index in [2.05, 4.69) is 21.2 Å². The number of benzene rings is 1. The van der Waals surface area contributed by atoms with E-state index in [4.69, 9.17) is 0 Å². The maximum absolute atomic E-state index is 13.1. The molecule has 0 bridgehead atoms. The number of rotatable bonds is 8. The summed E-state index contributed by atoms with van der Waals surface area (Å²) >= 11 is 3.31. The van der Waals surface area contributed by atoms with E-state index in [1.165, 1.54) is 0 Å². The number of carbonyl (C=O) groups is 1. The predicted molar refractivity (Wildman–Crippen MR) is 77.6 cm³/mol. The first-order chi connectivity index (χ1) is 9.97. The number of carbonyl (C=O) groups excluding carboxylic acids is 1. The number of amides is 1. The van der Waals surface area contributed by atoms with Gasteiger partial charge in [-0.3, -0.25) is 14.9 Å². The lowest BCUT2D eigenvalue weighted by molar-refractivity contribution is -0.385. The van der Waals surface area contributed by atoms with Crippen LogP contribution in [0.2, 0.25) is 0 Å². The number of hydrogen-bond donors (Lipinski definition) is 1. The highest BCUT2D eigenvalue weighted by atomic mass is 79.9. The van der Waals surface area contributed by atoms with Crippen LogP contribution in [0.15, 0.2) is 12.1 Å². The zero-order valence-corrected chi connectivity index (χ0v) is 12.8. The first-order valence-electron chi connectivity index (χ1n) is 6.45. The molecule has 0 saturated carbocycles. The maximum atomic E-state index is 13.1. The first-order valence-corrected chi connectivity index (χ1v) is 7.57. The number of nitro groups is 1. The summed E-state index contributed by atoms with van der Waals surface area (Å²) in [6.07, 6.45) is 3.66. The molecule has 1 amide bonds. The molecule has 1 aromatic rings. The number of nitrogens with one attached hydrogen (secondary N) is 1. The molecule has 0 saturated heterocycles. The summed E-state index contributed by atoms with van der Waals surface area (Å²) in [5.41, 5.74) is -1.22. The molecule has 21 heavy (non-hydrogen) atoms. The van der Waals surface area contributed by atoms with Crippen LogP contribution in [-0.4, -0.2) is 22.7 Å². The smallest absolute Gasteiger partial charge is 0.285 e. The second-order valence-electron chi connectivity index (χ2n) is 4.40. The van der Waals surface area contributed by atoms with E-state index in [-0.39, 0.29) is 0 Å². The summed E-state index contributed by atoms with van der Waals surface area (Å²) < 4.78 is 26.1. The third-order valence-electron chi connectivity index (χ3n) is 2.83. The number of nitro benzene ring substituents is 1. The Balaban J connectivity index is 2.65. The van der Waals surface area contributed by atoms with Crippen molar-refractivity contribution >= 4 is 27.5 Å². The molecule has 0 fully saturated rings. The Morgan fingerprint density at radius 3 is 2.43 bits per heavy atom. The van der Waals surface area contributed by atoms with Crippen molar-refractivity contribution in [2.75, 3.05) is 11.9 Å². The molecule has 0 heterocycles. The summed E-state index contributed by atoms with van der Waals surface area (Å²) in [6.45, 7) is 0.331. The molecule has 0 radical (unpaired) electrons. The van der Waals surface area contributed by atoms with E-state index in [1.807, 2.05) is 0 Å². The molecule has 0 atom stereocenters. The van der Waals surface area contributed by atoms with Gasteiger partial charge in [-0.05, 0) is 18.9 Å². The number of alkyl halides is 1. The van der Waals surface area contributed by atoms with Crippen molar-refractivity contribution in [2.45, 2.75) is 25.7 Å². The Hall–Kier alpha value is -1.57. The second kappa shape index (κ2) is 8.66. The summed E-state index contributed by atoms with van der Waals surface area (Å²) in [6, 6.07) is 0.966. The lowest BCUT2D eigenvalue weighted by atomic mass is 10.1. The summed E-state index contributed by atoms with van der Waals surface area (Å²) in [5, 5.41) is 14.2. The molecular formula is C13H15BrF2N2O3. The normalized spacial score (nSPS) is 10.4. The standard InChI is InChI=1S/C13H15BrF2N2O3/c14-5-3-1-2-4-6-17-13(19)9-7-10(15)11(16)8-12(9)18(20)21/h7-8H,1-6H2,(H,17,19). The SMILES string of the molecule is O=C(NCCCCCCBr)c1cc(F)c(F)cc1[N+](=O)[O-]. The van der Waals surface area contributed by atoms with Gasteiger partial charge in [0.15, 0.2) is 11.6 Å². The van der Waals surface area contributed by atoms with E-state index < -0.39 is 33.7 Å². The molecule has 0 aromatic heterocycles. The van der Waals surface area contributed by atoms with Crippen molar-refractivity contribution < 1.29 is 18.5 Å². The van der Waals surface area contributed by atoms with Gasteiger partial charge in [-0.1, -0.05) is 28.8 Å². The minimum atomic E-state index is -1.35. The number of nitrogens with zero attached hydrogens (tertiary/aromatic N) is 1. The van der Waals surface area contributed by atoms with Crippen LogP contribution in [0.5, 0.6) is 0 Å². The molecule has 0 unspecified atom stereocenters. The van der Waals surface area contributed by atoms with Crippen LogP contribution in [-0.2, 0) is 0 Å². The van der Waals surface area contributed by atoms with Crippen molar-refractivity contribution in [1.29, 1.82) is 0 Å². The molecule has 0 aliphatic carbocycles. The van der Waals surface area contributed by atoms with Crippen molar-refractivity contribution in [3.05, 3.63) is 39.4 Å². The highest BCUT2D eigenvalue weighted by molar-refractivity contribution is 9.09. The highest BCUT2D eigenvalue weighted by Gasteiger charge is 2.23. The largest absolute Gasteiger partial charge is 0.352 e. The van der Waals surface area contributed by atoms with Crippen molar-refractivity contribution in [3.8, 4) is 0 Å². The van der Waals surface area contributed by atoms with Crippen LogP contribution < -0.4 is 5.32 Å². The fourth-order valence-corrected chi connectivity index (χ4v) is 2.14. The molecule has 1 aromatic carbocycles. The van der Waals surface area contributed by atoms with Crippen LogP contribution in [0.4, 0.5) is 14.5 Å². The van der Waals surface area contributed by atoms with Gasteiger partial charge in [0.2, 0.25) is 0 Å². The molecular weight excluding hydrogens is 350 g/mol. The molecule has 8 heteroatoms. The van der Waals surface area contributed by atoms with Crippen LogP contribution >= 0.6 is 15.9 Å². The predicted octanol–water partition coefficient (Wildman–Crippen LogP) is 3.56. The summed E-state index contributed by atoms with van der Waals surface area (Å²) in [7, 11) is 0. The van der Waals surface area contributed by atoms with E-state index in [0.29, 0.717) is 18.7 Å². The van der Waals surface area contributed by atoms with Crippen molar-refractivity contribution in [1.82, 2.24) is 5.32 Å². The quantitative estimate of drug-likeness (QED) is 0.331. The molecule has 0 aliphatic rings. The van der Waals surface area contributed by atoms with E-state index in [0.717, 1.165) is 31.0 Å². The van der Waals surface area contributed by atoms with E-state index in [1.54, 1.807) is 0 Å². The van der Waals surface area contributed by atoms with Gasteiger partial charge >= 0.3 is 0 Å². The summed E-state index contributed by atoms with van der Waals surface area (Å²) in [4.78, 5) is 21.7. The Kier molecular flexibility index (Phi) is 7.21. The number of unbranched alkanes of at least 4 members (excludes halogenated alkanes) is 3. The molecule has 116 valence electrons. The Labute approximate surface area is 129 Å². The Bertz CT molecular complexity index is 526. The lowest BCUT2D eigenvalue weighted by Gasteiger charge is -2.06. The van der Waals surface area contributed by atoms with Crippen LogP contribution in [0.3, 0.4) is 0 Å². The van der Waals surface area contributed by atoms with Crippen molar-refractivity contribution in [3.63, 3.8) is 0 Å². The zero-order chi connectivity index (χ0) is 15.8. The molecule has 1 rings (SSSR count). The number of halogens is 3. The van der Waals surface area contributed by atoms with Crippen LogP contribution in [0, 0.1) is 21.7 Å². The fourth-order valence-electron chi connectivity index (χ4n) is 1.74. The summed E-state index contributed by atoms with van der Waals surface area (Å²) in [5.74, 6) is -3.42. The monoisotopic (exact) mass is 364 g/mol. The van der Waals surface area contributed by atoms with Gasteiger partial charge in [0, 0.05) is 11.9 Å². The van der Waals surface area contributed by atoms with Gasteiger partial charge in [-0.15, -0.1) is 0 Å². The third kappa shape index (κ3) is 5.37. The van der Waals surface area contributed by atoms with Gasteiger partial charge in [0.05, 0.1) is 11.0 Å². The Morgan fingerprint density at radius 1 is 1.19 bits per heavy atom. The van der Waals surface area contributed by atoms with E-state index >= 15 is 0 Å². The highest BCUT2D eigenvalue weighted by Crippen LogP contribution is 2.22. The first kappa shape index (κ1) is 17.5. The molecule has 5 nitrogen and oxygen atoms in total. The van der Waals surface area contributed by atoms with Gasteiger partial charge in [-0.25, -0.2) is 8.78 Å². The van der Waals surface area contributed by atoms with Crippen LogP contribution in [0.25, 0.3) is 0 Å². The van der Waals surface area contributed by atoms with Crippen molar-refractivity contribution in [2.24, 2.45) is 0 Å². The van der Waals surface area contributed by atoms with Gasteiger partial charge in [0.1, 0.15) is 5.56 Å². The van der Waals surface area contributed by atoms with Crippen LogP contribution in [0.1, 0.15) is 36.0 Å². The Morgan fingerprint density at radius 2 is 1.81 bits per heavy atom. The third-order valence-corrected chi connectivity index (χ3v) is 3.39. The topological polar surface area (TPSA) is 72.2 Å². The van der Waals surface area contributed by atoms with Gasteiger partial charge in [-0.2, -0.15) is 0 Å². The van der Waals surface area contributed by atoms with E-state index in [9.17, 15) is 23.7 Å². The average molecular weight is 365 g/mol. The number of hydrogen-bond acceptors (Lipinski definition) is 3. The zero-order valence-electron chi connectivity index (χ0n) is 11.2. The second-order valence-corrected chi connectivity index (χ2v) is 5.19. The molecule has 0 aliphatic heterocycles. The maximum Gasteiger partial charge on any atom is 0.285 e. The molecule has 1 N–H and O–H groups in total. The minimum Gasteiger partial charge on any atom is -0.352 e. The molecule has 0 spiro atoms. The fraction of sp³-hybridized carbons (Fsp3) is 0.462. The van der Waals surface area contributed by atoms with Gasteiger partial charge < -0.3 is 5.32 Å². The van der Waals surface area contributed by atoms with Gasteiger partial charge in [0.25, 0.3) is 11.6 Å². The lowest BCUT2D eigenvalue weighted by Crippen LogP contribution is -2.25. The minimum absolute atomic E-state index is 0.331.